The predicted molar refractivity (Wildman–Crippen MR) is 204 cm³/mol. The molecule has 0 bridgehead atoms. The fraction of sp³-hybridized carbons (Fsp3) is 0.923. The summed E-state index contributed by atoms with van der Waals surface area (Å²) in [5.41, 5.74) is 0. The zero-order valence-corrected chi connectivity index (χ0v) is 33.2. The topological polar surface area (TPSA) is 192 Å². The minimum atomic E-state index is -5.07. The van der Waals surface area contributed by atoms with Crippen molar-refractivity contribution >= 4 is 16.3 Å². The van der Waals surface area contributed by atoms with Gasteiger partial charge < -0.3 is 35.2 Å². The minimum absolute atomic E-state index is 0.248. The molecule has 0 radical (unpaired) electrons. The first kappa shape index (κ1) is 48.9. The van der Waals surface area contributed by atoms with Gasteiger partial charge in [0.1, 0.15) is 24.4 Å². The molecule has 13 heteroatoms. The number of allylic oxidation sites excluding steroid dienone is 2. The van der Waals surface area contributed by atoms with Gasteiger partial charge in [-0.15, -0.1) is 0 Å². The van der Waals surface area contributed by atoms with Crippen LogP contribution in [0.3, 0.4) is 0 Å². The molecule has 1 saturated heterocycles. The Balaban J connectivity index is 2.59. The van der Waals surface area contributed by atoms with Gasteiger partial charge in [0, 0.05) is 6.42 Å². The molecule has 7 unspecified atom stereocenters. The number of aliphatic hydroxyl groups excluding tert-OH is 4. The van der Waals surface area contributed by atoms with Crippen molar-refractivity contribution in [3.05, 3.63) is 12.2 Å². The average molecular weight is 766 g/mol. The monoisotopic (exact) mass is 766 g/mol. The zero-order chi connectivity index (χ0) is 38.5. The minimum Gasteiger partial charge on any atom is -0.394 e. The predicted octanol–water partition coefficient (Wildman–Crippen LogP) is 6.82. The number of carbonyl (C=O) groups is 1. The number of hydrogen-bond acceptors (Lipinski definition) is 10. The van der Waals surface area contributed by atoms with Crippen molar-refractivity contribution in [1.82, 2.24) is 5.32 Å². The average Bonchev–Trinajstić information content (AvgIpc) is 3.11. The molecule has 0 aromatic carbocycles. The van der Waals surface area contributed by atoms with E-state index in [9.17, 15) is 33.6 Å². The Labute approximate surface area is 315 Å². The Kier molecular flexibility index (Phi) is 29.2. The first-order valence-corrected chi connectivity index (χ1v) is 21.9. The van der Waals surface area contributed by atoms with E-state index < -0.39 is 59.9 Å². The fourth-order valence-electron chi connectivity index (χ4n) is 6.57. The molecule has 0 spiro atoms. The van der Waals surface area contributed by atoms with E-state index in [1.54, 1.807) is 0 Å². The molecule has 1 aliphatic heterocycles. The van der Waals surface area contributed by atoms with Gasteiger partial charge in [0.25, 0.3) is 0 Å². The van der Waals surface area contributed by atoms with Crippen LogP contribution in [-0.4, -0.2) is 95.4 Å². The van der Waals surface area contributed by atoms with E-state index in [-0.39, 0.29) is 18.9 Å². The lowest BCUT2D eigenvalue weighted by molar-refractivity contribution is -0.298. The highest BCUT2D eigenvalue weighted by atomic mass is 32.3. The number of hydrogen-bond donors (Lipinski definition) is 6. The van der Waals surface area contributed by atoms with Crippen molar-refractivity contribution < 1.29 is 51.8 Å². The summed E-state index contributed by atoms with van der Waals surface area (Å²) in [7, 11) is -5.07. The van der Waals surface area contributed by atoms with Crippen molar-refractivity contribution in [1.29, 1.82) is 0 Å². The first-order chi connectivity index (χ1) is 25.0. The maximum atomic E-state index is 12.9. The van der Waals surface area contributed by atoms with Crippen molar-refractivity contribution in [3.63, 3.8) is 0 Å². The third-order valence-corrected chi connectivity index (χ3v) is 10.3. The number of carbonyl (C=O) groups excluding carboxylic acids is 1. The van der Waals surface area contributed by atoms with Gasteiger partial charge in [-0.3, -0.25) is 9.35 Å². The maximum Gasteiger partial charge on any atom is 0.397 e. The molecule has 1 rings (SSSR count). The van der Waals surface area contributed by atoms with Gasteiger partial charge in [0.2, 0.25) is 5.91 Å². The number of nitrogens with one attached hydrogen (secondary N) is 1. The van der Waals surface area contributed by atoms with Crippen LogP contribution in [0.15, 0.2) is 12.2 Å². The Morgan fingerprint density at radius 3 is 1.73 bits per heavy atom. The smallest absolute Gasteiger partial charge is 0.394 e. The van der Waals surface area contributed by atoms with Crippen LogP contribution in [-0.2, 0) is 28.9 Å². The van der Waals surface area contributed by atoms with Crippen LogP contribution in [0, 0.1) is 0 Å². The Bertz CT molecular complexity index is 999. The number of aliphatic hydroxyl groups is 4. The van der Waals surface area contributed by atoms with Crippen molar-refractivity contribution in [2.75, 3.05) is 13.2 Å². The van der Waals surface area contributed by atoms with Gasteiger partial charge in [0.05, 0.1) is 25.4 Å². The van der Waals surface area contributed by atoms with E-state index in [4.69, 9.17) is 14.0 Å². The van der Waals surface area contributed by atoms with Gasteiger partial charge in [-0.2, -0.15) is 8.42 Å². The molecule has 7 atom stereocenters. The van der Waals surface area contributed by atoms with Crippen LogP contribution in [0.5, 0.6) is 0 Å². The molecule has 12 nitrogen and oxygen atoms in total. The fourth-order valence-corrected chi connectivity index (χ4v) is 7.08. The van der Waals surface area contributed by atoms with Crippen molar-refractivity contribution in [2.24, 2.45) is 0 Å². The highest BCUT2D eigenvalue weighted by Gasteiger charge is 2.48. The number of amides is 1. The summed E-state index contributed by atoms with van der Waals surface area (Å²) in [6, 6.07) is -0.860. The summed E-state index contributed by atoms with van der Waals surface area (Å²) >= 11 is 0. The molecule has 0 aliphatic carbocycles. The van der Waals surface area contributed by atoms with Gasteiger partial charge in [0.15, 0.2) is 6.29 Å². The van der Waals surface area contributed by atoms with E-state index in [0.29, 0.717) is 12.8 Å². The van der Waals surface area contributed by atoms with Crippen molar-refractivity contribution in [2.45, 2.75) is 217 Å². The van der Waals surface area contributed by atoms with Crippen LogP contribution >= 0.6 is 0 Å². The van der Waals surface area contributed by atoms with Crippen LogP contribution in [0.4, 0.5) is 0 Å². The molecular weight excluding hydrogens is 690 g/mol. The van der Waals surface area contributed by atoms with Crippen LogP contribution in [0.2, 0.25) is 0 Å². The van der Waals surface area contributed by atoms with E-state index in [2.05, 4.69) is 35.5 Å². The largest absolute Gasteiger partial charge is 0.397 e. The number of unbranched alkanes of at least 4 members (excludes halogenated alkanes) is 20. The highest BCUT2D eigenvalue weighted by molar-refractivity contribution is 7.80. The lowest BCUT2D eigenvalue weighted by Gasteiger charge is -2.41. The molecule has 6 N–H and O–H groups in total. The van der Waals surface area contributed by atoms with Gasteiger partial charge >= 0.3 is 10.4 Å². The van der Waals surface area contributed by atoms with Crippen molar-refractivity contribution in [3.8, 4) is 0 Å². The van der Waals surface area contributed by atoms with E-state index in [1.807, 2.05) is 0 Å². The standard InChI is InChI=1S/C39H75NO11S/c1-3-5-7-9-11-13-15-17-19-21-23-25-27-29-35(43)40-32(33(42)28-26-24-22-20-18-16-14-12-10-8-6-4-2)31-49-39-37(45)38(51-52(46,47)48)36(44)34(30-41)50-39/h17,19,32-34,36-39,41-42,44-45H,3-16,18,20-31H2,1-2H3,(H,40,43)(H,46,47,48)/b19-17-. The molecule has 52 heavy (non-hydrogen) atoms. The quantitative estimate of drug-likeness (QED) is 0.0229. The molecular formula is C39H75NO11S. The molecule has 0 aromatic rings. The summed E-state index contributed by atoms with van der Waals surface area (Å²) in [4.78, 5) is 12.9. The first-order valence-electron chi connectivity index (χ1n) is 20.6. The second kappa shape index (κ2) is 31.1. The summed E-state index contributed by atoms with van der Waals surface area (Å²) in [6.07, 6.45) is 22.2. The Hall–Kier alpha value is -1.16. The number of rotatable bonds is 34. The summed E-state index contributed by atoms with van der Waals surface area (Å²) in [5, 5.41) is 44.6. The molecule has 1 amide bonds. The lowest BCUT2D eigenvalue weighted by atomic mass is 9.99. The second-order valence-corrected chi connectivity index (χ2v) is 15.6. The zero-order valence-electron chi connectivity index (χ0n) is 32.4. The third kappa shape index (κ3) is 24.3. The highest BCUT2D eigenvalue weighted by Crippen LogP contribution is 2.26. The molecule has 1 heterocycles. The summed E-state index contributed by atoms with van der Waals surface area (Å²) in [6.45, 7) is 3.39. The van der Waals surface area contributed by atoms with Crippen LogP contribution < -0.4 is 5.32 Å². The van der Waals surface area contributed by atoms with E-state index >= 15 is 0 Å². The van der Waals surface area contributed by atoms with Gasteiger partial charge in [-0.1, -0.05) is 142 Å². The molecule has 0 aromatic heterocycles. The molecule has 308 valence electrons. The molecule has 1 fully saturated rings. The van der Waals surface area contributed by atoms with Crippen LogP contribution in [0.25, 0.3) is 0 Å². The maximum absolute atomic E-state index is 12.9. The lowest BCUT2D eigenvalue weighted by Crippen LogP contribution is -2.61. The summed E-state index contributed by atoms with van der Waals surface area (Å²) in [5.74, 6) is -0.248. The Morgan fingerprint density at radius 1 is 0.750 bits per heavy atom. The van der Waals surface area contributed by atoms with Gasteiger partial charge in [-0.25, -0.2) is 4.18 Å². The Morgan fingerprint density at radius 2 is 1.23 bits per heavy atom. The number of ether oxygens (including phenoxy) is 2. The summed E-state index contributed by atoms with van der Waals surface area (Å²) < 4.78 is 47.4. The SMILES string of the molecule is CCCCCCCC/C=C\CCCCCC(=O)NC(COC1OC(CO)C(O)C(OS(=O)(=O)O)C1O)C(O)CCCCCCCCCCCCCC. The van der Waals surface area contributed by atoms with E-state index in [1.165, 1.54) is 89.9 Å². The van der Waals surface area contributed by atoms with Gasteiger partial charge in [-0.05, 0) is 38.5 Å². The van der Waals surface area contributed by atoms with E-state index in [0.717, 1.165) is 51.4 Å². The molecule has 1 aliphatic rings. The second-order valence-electron chi connectivity index (χ2n) is 14.6. The molecule has 0 saturated carbocycles. The normalized spacial score (nSPS) is 22.2. The third-order valence-electron chi connectivity index (χ3n) is 9.82. The van der Waals surface area contributed by atoms with Crippen LogP contribution in [0.1, 0.15) is 174 Å².